The minimum atomic E-state index is -0.342. The number of fused-ring (bicyclic) bond motifs is 1. The maximum absolute atomic E-state index is 13.9. The lowest BCUT2D eigenvalue weighted by Crippen LogP contribution is -2.42. The van der Waals surface area contributed by atoms with Crippen LogP contribution in [-0.4, -0.2) is 55.5 Å². The SMILES string of the molecule is COc1cccc(C(=O)N2CC(C(=O)N3CCc4ccccc4C3)C(c3ccccc3OC)C2)c1. The first-order valence-corrected chi connectivity index (χ1v) is 12.0. The van der Waals surface area contributed by atoms with Crippen LogP contribution in [0.4, 0.5) is 0 Å². The summed E-state index contributed by atoms with van der Waals surface area (Å²) in [4.78, 5) is 31.1. The summed E-state index contributed by atoms with van der Waals surface area (Å²) >= 11 is 0. The van der Waals surface area contributed by atoms with E-state index >= 15 is 0 Å². The molecule has 6 heteroatoms. The van der Waals surface area contributed by atoms with Crippen molar-refractivity contribution in [3.63, 3.8) is 0 Å². The summed E-state index contributed by atoms with van der Waals surface area (Å²) in [5.41, 5.74) is 4.03. The van der Waals surface area contributed by atoms with E-state index in [2.05, 4.69) is 12.1 Å². The first kappa shape index (κ1) is 23.0. The number of amides is 2. The van der Waals surface area contributed by atoms with Crippen molar-refractivity contribution in [2.45, 2.75) is 18.9 Å². The predicted molar refractivity (Wildman–Crippen MR) is 134 cm³/mol. The first-order chi connectivity index (χ1) is 17.1. The van der Waals surface area contributed by atoms with E-state index in [-0.39, 0.29) is 23.7 Å². The Morgan fingerprint density at radius 3 is 2.40 bits per heavy atom. The monoisotopic (exact) mass is 470 g/mol. The minimum absolute atomic E-state index is 0.0938. The van der Waals surface area contributed by atoms with Crippen molar-refractivity contribution in [3.8, 4) is 11.5 Å². The molecule has 2 aliphatic heterocycles. The number of nitrogens with zero attached hydrogens (tertiary/aromatic N) is 2. The van der Waals surface area contributed by atoms with Crippen LogP contribution >= 0.6 is 0 Å². The smallest absolute Gasteiger partial charge is 0.254 e. The first-order valence-electron chi connectivity index (χ1n) is 12.0. The van der Waals surface area contributed by atoms with E-state index in [1.165, 1.54) is 11.1 Å². The highest BCUT2D eigenvalue weighted by Gasteiger charge is 2.43. The Labute approximate surface area is 206 Å². The van der Waals surface area contributed by atoms with E-state index in [0.717, 1.165) is 17.7 Å². The second-order valence-electron chi connectivity index (χ2n) is 9.18. The Balaban J connectivity index is 1.45. The van der Waals surface area contributed by atoms with Gasteiger partial charge in [-0.1, -0.05) is 48.5 Å². The summed E-state index contributed by atoms with van der Waals surface area (Å²) in [6.07, 6.45) is 0.848. The molecule has 2 aliphatic rings. The van der Waals surface area contributed by atoms with E-state index < -0.39 is 0 Å². The van der Waals surface area contributed by atoms with Crippen LogP contribution in [0.5, 0.6) is 11.5 Å². The summed E-state index contributed by atoms with van der Waals surface area (Å²) in [5.74, 6) is 0.891. The molecule has 180 valence electrons. The van der Waals surface area contributed by atoms with E-state index in [1.54, 1.807) is 31.3 Å². The average molecular weight is 471 g/mol. The highest BCUT2D eigenvalue weighted by atomic mass is 16.5. The Kier molecular flexibility index (Phi) is 6.45. The molecule has 0 N–H and O–H groups in total. The molecule has 35 heavy (non-hydrogen) atoms. The van der Waals surface area contributed by atoms with Crippen LogP contribution in [0.1, 0.15) is 33.0 Å². The van der Waals surface area contributed by atoms with E-state index in [1.807, 2.05) is 53.4 Å². The van der Waals surface area contributed by atoms with Gasteiger partial charge in [0.05, 0.1) is 20.1 Å². The van der Waals surface area contributed by atoms with E-state index in [9.17, 15) is 9.59 Å². The third-order valence-corrected chi connectivity index (χ3v) is 7.22. The average Bonchev–Trinajstić information content (AvgIpc) is 3.37. The molecule has 3 aromatic carbocycles. The summed E-state index contributed by atoms with van der Waals surface area (Å²) < 4.78 is 11.0. The quantitative estimate of drug-likeness (QED) is 0.562. The van der Waals surface area contributed by atoms with Crippen LogP contribution in [0.25, 0.3) is 0 Å². The maximum Gasteiger partial charge on any atom is 0.254 e. The lowest BCUT2D eigenvalue weighted by molar-refractivity contribution is -0.136. The minimum Gasteiger partial charge on any atom is -0.497 e. The number of benzene rings is 3. The number of hydrogen-bond acceptors (Lipinski definition) is 4. The van der Waals surface area contributed by atoms with Gasteiger partial charge < -0.3 is 19.3 Å². The van der Waals surface area contributed by atoms with Gasteiger partial charge in [-0.15, -0.1) is 0 Å². The number of carbonyl (C=O) groups is 2. The van der Waals surface area contributed by atoms with Crippen LogP contribution < -0.4 is 9.47 Å². The van der Waals surface area contributed by atoms with Gasteiger partial charge in [0.1, 0.15) is 11.5 Å². The third kappa shape index (κ3) is 4.48. The molecule has 2 atom stereocenters. The van der Waals surface area contributed by atoms with E-state index in [4.69, 9.17) is 9.47 Å². The van der Waals surface area contributed by atoms with Crippen molar-refractivity contribution in [2.75, 3.05) is 33.9 Å². The zero-order chi connectivity index (χ0) is 24.4. The zero-order valence-electron chi connectivity index (χ0n) is 20.1. The topological polar surface area (TPSA) is 59.1 Å². The Morgan fingerprint density at radius 2 is 1.60 bits per heavy atom. The molecular weight excluding hydrogens is 440 g/mol. The Bertz CT molecular complexity index is 1240. The van der Waals surface area contributed by atoms with Gasteiger partial charge in [0.25, 0.3) is 5.91 Å². The number of methoxy groups -OCH3 is 2. The number of likely N-dealkylation sites (tertiary alicyclic amines) is 1. The summed E-state index contributed by atoms with van der Waals surface area (Å²) in [6, 6.07) is 23.3. The highest BCUT2D eigenvalue weighted by Crippen LogP contribution is 2.39. The molecule has 2 unspecified atom stereocenters. The normalized spacial score (nSPS) is 19.3. The van der Waals surface area contributed by atoms with Crippen LogP contribution in [0.15, 0.2) is 72.8 Å². The Hall–Kier alpha value is -3.80. The van der Waals surface area contributed by atoms with Crippen molar-refractivity contribution in [1.29, 1.82) is 0 Å². The van der Waals surface area contributed by atoms with Crippen molar-refractivity contribution in [1.82, 2.24) is 9.80 Å². The van der Waals surface area contributed by atoms with Crippen LogP contribution in [0.3, 0.4) is 0 Å². The zero-order valence-corrected chi connectivity index (χ0v) is 20.1. The fourth-order valence-electron chi connectivity index (χ4n) is 5.36. The van der Waals surface area contributed by atoms with Crippen LogP contribution in [-0.2, 0) is 17.8 Å². The highest BCUT2D eigenvalue weighted by molar-refractivity contribution is 5.95. The number of carbonyl (C=O) groups excluding carboxylic acids is 2. The second-order valence-corrected chi connectivity index (χ2v) is 9.18. The molecule has 1 saturated heterocycles. The molecule has 2 amide bonds. The standard InChI is InChI=1S/C29H30N2O4/c1-34-23-11-7-10-21(16-23)28(32)31-18-25(24-12-5-6-13-27(24)35-2)26(19-31)29(33)30-15-14-20-8-3-4-9-22(20)17-30/h3-13,16,25-26H,14-15,17-19H2,1-2H3. The van der Waals surface area contributed by atoms with Crippen LogP contribution in [0, 0.1) is 5.92 Å². The Morgan fingerprint density at radius 1 is 0.829 bits per heavy atom. The molecule has 0 aliphatic carbocycles. The lowest BCUT2D eigenvalue weighted by Gasteiger charge is -2.32. The number of para-hydroxylation sites is 1. The molecule has 3 aromatic rings. The molecule has 6 nitrogen and oxygen atoms in total. The molecule has 0 bridgehead atoms. The summed E-state index contributed by atoms with van der Waals surface area (Å²) in [6.45, 7) is 2.12. The van der Waals surface area contributed by atoms with Gasteiger partial charge in [-0.05, 0) is 47.4 Å². The second kappa shape index (κ2) is 9.82. The fourth-order valence-corrected chi connectivity index (χ4v) is 5.36. The van der Waals surface area contributed by atoms with Crippen molar-refractivity contribution < 1.29 is 19.1 Å². The number of rotatable bonds is 5. The molecule has 0 radical (unpaired) electrons. The third-order valence-electron chi connectivity index (χ3n) is 7.22. The van der Waals surface area contributed by atoms with Crippen LogP contribution in [0.2, 0.25) is 0 Å². The lowest BCUT2D eigenvalue weighted by atomic mass is 9.86. The largest absolute Gasteiger partial charge is 0.497 e. The summed E-state index contributed by atoms with van der Waals surface area (Å²) in [7, 11) is 3.23. The molecule has 0 aromatic heterocycles. The van der Waals surface area contributed by atoms with Gasteiger partial charge in [-0.3, -0.25) is 9.59 Å². The number of hydrogen-bond donors (Lipinski definition) is 0. The van der Waals surface area contributed by atoms with E-state index in [0.29, 0.717) is 37.5 Å². The van der Waals surface area contributed by atoms with Gasteiger partial charge in [0, 0.05) is 37.7 Å². The summed E-state index contributed by atoms with van der Waals surface area (Å²) in [5, 5.41) is 0. The fraction of sp³-hybridized carbons (Fsp3) is 0.310. The molecule has 5 rings (SSSR count). The maximum atomic E-state index is 13.9. The van der Waals surface area contributed by atoms with Crippen molar-refractivity contribution in [3.05, 3.63) is 95.1 Å². The van der Waals surface area contributed by atoms with Gasteiger partial charge in [-0.2, -0.15) is 0 Å². The molecule has 2 heterocycles. The number of ether oxygens (including phenoxy) is 2. The van der Waals surface area contributed by atoms with Gasteiger partial charge in [0.2, 0.25) is 5.91 Å². The van der Waals surface area contributed by atoms with Crippen molar-refractivity contribution >= 4 is 11.8 Å². The molecule has 0 saturated carbocycles. The van der Waals surface area contributed by atoms with Gasteiger partial charge >= 0.3 is 0 Å². The molecule has 0 spiro atoms. The molecular formula is C29H30N2O4. The van der Waals surface area contributed by atoms with Crippen molar-refractivity contribution in [2.24, 2.45) is 5.92 Å². The predicted octanol–water partition coefficient (Wildman–Crippen LogP) is 4.14. The molecule has 1 fully saturated rings. The van der Waals surface area contributed by atoms with Gasteiger partial charge in [0.15, 0.2) is 0 Å². The van der Waals surface area contributed by atoms with Gasteiger partial charge in [-0.25, -0.2) is 0 Å².